The van der Waals surface area contributed by atoms with Crippen molar-refractivity contribution in [3.63, 3.8) is 0 Å². The van der Waals surface area contributed by atoms with Crippen LogP contribution >= 0.6 is 0 Å². The first-order chi connectivity index (χ1) is 10.7. The Kier molecular flexibility index (Phi) is 4.30. The third kappa shape index (κ3) is 3.59. The van der Waals surface area contributed by atoms with Gasteiger partial charge in [0.15, 0.2) is 0 Å². The third-order valence-electron chi connectivity index (χ3n) is 3.72. The second-order valence-electron chi connectivity index (χ2n) is 5.62. The summed E-state index contributed by atoms with van der Waals surface area (Å²) in [6.45, 7) is 4.04. The summed E-state index contributed by atoms with van der Waals surface area (Å²) < 4.78 is 0. The molecule has 2 aromatic carbocycles. The van der Waals surface area contributed by atoms with Gasteiger partial charge in [-0.05, 0) is 23.6 Å². The van der Waals surface area contributed by atoms with Gasteiger partial charge in [0.1, 0.15) is 0 Å². The topological polar surface area (TPSA) is 44.7 Å². The average molecular weight is 293 g/mol. The maximum Gasteiger partial charge on any atom is 0.254 e. The smallest absolute Gasteiger partial charge is 0.254 e. The molecule has 0 spiro atoms. The largest absolute Gasteiger partial charge is 0.286 e. The summed E-state index contributed by atoms with van der Waals surface area (Å²) in [5, 5.41) is 4.02. The first-order valence-electron chi connectivity index (χ1n) is 7.38. The zero-order chi connectivity index (χ0) is 15.4. The minimum Gasteiger partial charge on any atom is -0.286 e. The molecule has 1 N–H and O–H groups in total. The van der Waals surface area contributed by atoms with Crippen molar-refractivity contribution < 1.29 is 4.79 Å². The molecule has 0 aliphatic carbocycles. The Hall–Kier alpha value is -2.46. The number of carbonyl (C=O) groups excluding carboxylic acids is 1. The molecule has 0 saturated carbocycles. The SMILES string of the molecule is Cc1cccc(/C=N\NC(=O)CN2Cc3ccccc3C2)c1. The number of fused-ring (bicyclic) bond motifs is 1. The summed E-state index contributed by atoms with van der Waals surface area (Å²) in [5.41, 5.74) is 7.35. The van der Waals surface area contributed by atoms with E-state index in [1.165, 1.54) is 16.7 Å². The van der Waals surface area contributed by atoms with Gasteiger partial charge < -0.3 is 0 Å². The van der Waals surface area contributed by atoms with Crippen molar-refractivity contribution in [2.24, 2.45) is 5.10 Å². The lowest BCUT2D eigenvalue weighted by Gasteiger charge is -2.12. The highest BCUT2D eigenvalue weighted by Crippen LogP contribution is 2.21. The van der Waals surface area contributed by atoms with Crippen LogP contribution in [0.3, 0.4) is 0 Å². The van der Waals surface area contributed by atoms with E-state index in [2.05, 4.69) is 27.6 Å². The second kappa shape index (κ2) is 6.54. The number of rotatable bonds is 4. The van der Waals surface area contributed by atoms with E-state index in [1.807, 2.05) is 43.3 Å². The second-order valence-corrected chi connectivity index (χ2v) is 5.62. The quantitative estimate of drug-likeness (QED) is 0.695. The summed E-state index contributed by atoms with van der Waals surface area (Å²) in [5.74, 6) is -0.0864. The number of benzene rings is 2. The highest BCUT2D eigenvalue weighted by Gasteiger charge is 2.19. The molecule has 1 aliphatic rings. The number of amides is 1. The molecule has 0 atom stereocenters. The molecule has 4 heteroatoms. The number of hydrogen-bond acceptors (Lipinski definition) is 3. The summed E-state index contributed by atoms with van der Waals surface area (Å²) in [6, 6.07) is 16.3. The van der Waals surface area contributed by atoms with Crippen LogP contribution in [0.2, 0.25) is 0 Å². The molecule has 3 rings (SSSR count). The van der Waals surface area contributed by atoms with Crippen LogP contribution in [-0.4, -0.2) is 23.6 Å². The fraction of sp³-hybridized carbons (Fsp3) is 0.222. The van der Waals surface area contributed by atoms with E-state index in [4.69, 9.17) is 0 Å². The van der Waals surface area contributed by atoms with Crippen molar-refractivity contribution in [2.45, 2.75) is 20.0 Å². The number of nitrogens with one attached hydrogen (secondary N) is 1. The molecule has 0 radical (unpaired) electrons. The van der Waals surface area contributed by atoms with Gasteiger partial charge >= 0.3 is 0 Å². The Bertz CT molecular complexity index is 684. The molecule has 1 amide bonds. The van der Waals surface area contributed by atoms with E-state index < -0.39 is 0 Å². The summed E-state index contributed by atoms with van der Waals surface area (Å²) in [7, 11) is 0. The van der Waals surface area contributed by atoms with Gasteiger partial charge in [0.05, 0.1) is 12.8 Å². The van der Waals surface area contributed by atoms with Crippen LogP contribution in [0, 0.1) is 6.92 Å². The molecular formula is C18H19N3O. The van der Waals surface area contributed by atoms with Crippen LogP contribution in [0.5, 0.6) is 0 Å². The number of aryl methyl sites for hydroxylation is 1. The first kappa shape index (κ1) is 14.5. The van der Waals surface area contributed by atoms with Crippen molar-refractivity contribution in [2.75, 3.05) is 6.54 Å². The first-order valence-corrected chi connectivity index (χ1v) is 7.38. The maximum absolute atomic E-state index is 11.9. The minimum absolute atomic E-state index is 0.0864. The van der Waals surface area contributed by atoms with Gasteiger partial charge in [0.2, 0.25) is 0 Å². The number of hydrogen-bond donors (Lipinski definition) is 1. The third-order valence-corrected chi connectivity index (χ3v) is 3.72. The van der Waals surface area contributed by atoms with Gasteiger partial charge in [-0.1, -0.05) is 54.1 Å². The molecule has 1 aliphatic heterocycles. The summed E-state index contributed by atoms with van der Waals surface area (Å²) in [4.78, 5) is 14.1. The minimum atomic E-state index is -0.0864. The van der Waals surface area contributed by atoms with E-state index in [-0.39, 0.29) is 5.91 Å². The monoisotopic (exact) mass is 293 g/mol. The highest BCUT2D eigenvalue weighted by atomic mass is 16.2. The lowest BCUT2D eigenvalue weighted by Crippen LogP contribution is -2.32. The van der Waals surface area contributed by atoms with Crippen LogP contribution in [-0.2, 0) is 17.9 Å². The Morgan fingerprint density at radius 1 is 1.18 bits per heavy atom. The van der Waals surface area contributed by atoms with Gasteiger partial charge in [0.25, 0.3) is 5.91 Å². The number of hydrazone groups is 1. The Balaban J connectivity index is 1.50. The fourth-order valence-electron chi connectivity index (χ4n) is 2.68. The van der Waals surface area contributed by atoms with E-state index in [0.717, 1.165) is 18.7 Å². The van der Waals surface area contributed by atoms with E-state index >= 15 is 0 Å². The molecule has 22 heavy (non-hydrogen) atoms. The van der Waals surface area contributed by atoms with Crippen molar-refractivity contribution in [1.82, 2.24) is 10.3 Å². The Morgan fingerprint density at radius 2 is 1.91 bits per heavy atom. The van der Waals surface area contributed by atoms with Gasteiger partial charge in [-0.2, -0.15) is 5.10 Å². The van der Waals surface area contributed by atoms with Gasteiger partial charge in [-0.3, -0.25) is 9.69 Å². The predicted molar refractivity (Wildman–Crippen MR) is 87.5 cm³/mol. The zero-order valence-corrected chi connectivity index (χ0v) is 12.6. The highest BCUT2D eigenvalue weighted by molar-refractivity contribution is 5.83. The standard InChI is InChI=1S/C18H19N3O/c1-14-5-4-6-15(9-14)10-19-20-18(22)13-21-11-16-7-2-3-8-17(16)12-21/h2-10H,11-13H2,1H3,(H,20,22)/b19-10-. The van der Waals surface area contributed by atoms with E-state index in [1.54, 1.807) is 6.21 Å². The van der Waals surface area contributed by atoms with Crippen molar-refractivity contribution in [1.29, 1.82) is 0 Å². The number of nitrogens with zero attached hydrogens (tertiary/aromatic N) is 2. The molecule has 0 bridgehead atoms. The molecule has 2 aromatic rings. The average Bonchev–Trinajstić information content (AvgIpc) is 2.89. The maximum atomic E-state index is 11.9. The van der Waals surface area contributed by atoms with Crippen molar-refractivity contribution in [3.05, 3.63) is 70.8 Å². The van der Waals surface area contributed by atoms with E-state index in [0.29, 0.717) is 6.54 Å². The van der Waals surface area contributed by atoms with Crippen LogP contribution in [0.15, 0.2) is 53.6 Å². The van der Waals surface area contributed by atoms with Crippen LogP contribution in [0.4, 0.5) is 0 Å². The summed E-state index contributed by atoms with van der Waals surface area (Å²) >= 11 is 0. The number of carbonyl (C=O) groups is 1. The Labute approximate surface area is 130 Å². The van der Waals surface area contributed by atoms with Gasteiger partial charge in [-0.15, -0.1) is 0 Å². The van der Waals surface area contributed by atoms with Crippen molar-refractivity contribution in [3.8, 4) is 0 Å². The lowest BCUT2D eigenvalue weighted by atomic mass is 10.1. The molecule has 112 valence electrons. The summed E-state index contributed by atoms with van der Waals surface area (Å²) in [6.07, 6.45) is 1.67. The molecule has 1 heterocycles. The molecule has 4 nitrogen and oxygen atoms in total. The van der Waals surface area contributed by atoms with Crippen LogP contribution in [0.1, 0.15) is 22.3 Å². The van der Waals surface area contributed by atoms with Gasteiger partial charge in [-0.25, -0.2) is 5.43 Å². The Morgan fingerprint density at radius 3 is 2.59 bits per heavy atom. The molecular weight excluding hydrogens is 274 g/mol. The van der Waals surface area contributed by atoms with Crippen LogP contribution in [0.25, 0.3) is 0 Å². The predicted octanol–water partition coefficient (Wildman–Crippen LogP) is 2.46. The van der Waals surface area contributed by atoms with Crippen LogP contribution < -0.4 is 5.43 Å². The van der Waals surface area contributed by atoms with Gasteiger partial charge in [0, 0.05) is 13.1 Å². The molecule has 0 saturated heterocycles. The van der Waals surface area contributed by atoms with Crippen molar-refractivity contribution >= 4 is 12.1 Å². The normalized spacial score (nSPS) is 14.2. The zero-order valence-electron chi connectivity index (χ0n) is 12.6. The molecule has 0 unspecified atom stereocenters. The molecule has 0 aromatic heterocycles. The lowest BCUT2D eigenvalue weighted by molar-refractivity contribution is -0.122. The molecule has 0 fully saturated rings. The van der Waals surface area contributed by atoms with E-state index in [9.17, 15) is 4.79 Å². The fourth-order valence-corrected chi connectivity index (χ4v) is 2.68.